The molecule has 1 aliphatic heterocycles. The lowest BCUT2D eigenvalue weighted by Gasteiger charge is -2.09. The summed E-state index contributed by atoms with van der Waals surface area (Å²) in [6.07, 6.45) is 1.69. The van der Waals surface area contributed by atoms with Gasteiger partial charge in [0.05, 0.1) is 12.7 Å². The molecule has 1 heterocycles. The number of likely N-dealkylation sites (N-methyl/N-ethyl adjacent to an activating group) is 1. The second-order valence-electron chi connectivity index (χ2n) is 3.80. The third-order valence-electron chi connectivity index (χ3n) is 2.44. The van der Waals surface area contributed by atoms with Gasteiger partial charge in [0, 0.05) is 19.6 Å². The average molecular weight is 186 g/mol. The van der Waals surface area contributed by atoms with E-state index in [2.05, 4.69) is 24.5 Å². The van der Waals surface area contributed by atoms with Crippen molar-refractivity contribution in [2.45, 2.75) is 26.4 Å². The first-order valence-corrected chi connectivity index (χ1v) is 5.36. The Kier molecular flexibility index (Phi) is 5.35. The normalized spacial score (nSPS) is 28.2. The van der Waals surface area contributed by atoms with Crippen molar-refractivity contribution in [3.8, 4) is 0 Å². The lowest BCUT2D eigenvalue weighted by molar-refractivity contribution is 0.120. The maximum atomic E-state index is 5.49. The summed E-state index contributed by atoms with van der Waals surface area (Å²) in [6, 6.07) is 0. The third-order valence-corrected chi connectivity index (χ3v) is 2.44. The summed E-state index contributed by atoms with van der Waals surface area (Å²) in [5.41, 5.74) is 0. The smallest absolute Gasteiger partial charge is 0.0551 e. The molecule has 78 valence electrons. The Balaban J connectivity index is 1.88. The molecule has 0 aliphatic carbocycles. The predicted molar refractivity (Wildman–Crippen MR) is 54.9 cm³/mol. The zero-order valence-electron chi connectivity index (χ0n) is 8.81. The van der Waals surface area contributed by atoms with Crippen LogP contribution in [-0.4, -0.2) is 38.9 Å². The molecule has 0 amide bonds. The minimum atomic E-state index is 0.473. The van der Waals surface area contributed by atoms with Crippen LogP contribution in [-0.2, 0) is 4.74 Å². The van der Waals surface area contributed by atoms with Gasteiger partial charge in [-0.3, -0.25) is 0 Å². The summed E-state index contributed by atoms with van der Waals surface area (Å²) < 4.78 is 5.49. The van der Waals surface area contributed by atoms with Gasteiger partial charge in [0.15, 0.2) is 0 Å². The van der Waals surface area contributed by atoms with Crippen LogP contribution < -0.4 is 10.6 Å². The standard InChI is InChI=1S/C10H22N2O/c1-3-11-4-5-12-7-10-6-9(2)13-8-10/h9-12H,3-8H2,1-2H3. The number of ether oxygens (including phenoxy) is 1. The monoisotopic (exact) mass is 186 g/mol. The zero-order valence-corrected chi connectivity index (χ0v) is 8.81. The fourth-order valence-corrected chi connectivity index (χ4v) is 1.71. The average Bonchev–Trinajstić information content (AvgIpc) is 2.51. The van der Waals surface area contributed by atoms with Crippen molar-refractivity contribution in [3.05, 3.63) is 0 Å². The van der Waals surface area contributed by atoms with Crippen molar-refractivity contribution in [1.82, 2.24) is 10.6 Å². The van der Waals surface area contributed by atoms with Crippen LogP contribution in [0.3, 0.4) is 0 Å². The van der Waals surface area contributed by atoms with Gasteiger partial charge in [-0.05, 0) is 25.8 Å². The molecule has 1 fully saturated rings. The van der Waals surface area contributed by atoms with Crippen molar-refractivity contribution in [2.24, 2.45) is 5.92 Å². The van der Waals surface area contributed by atoms with Gasteiger partial charge in [-0.15, -0.1) is 0 Å². The van der Waals surface area contributed by atoms with Crippen molar-refractivity contribution in [3.63, 3.8) is 0 Å². The molecule has 0 aromatic rings. The van der Waals surface area contributed by atoms with Crippen LogP contribution in [0.5, 0.6) is 0 Å². The molecule has 0 radical (unpaired) electrons. The molecule has 0 spiro atoms. The zero-order chi connectivity index (χ0) is 9.52. The van der Waals surface area contributed by atoms with Crippen LogP contribution in [0.2, 0.25) is 0 Å². The number of nitrogens with one attached hydrogen (secondary N) is 2. The van der Waals surface area contributed by atoms with Gasteiger partial charge in [-0.2, -0.15) is 0 Å². The van der Waals surface area contributed by atoms with Crippen molar-refractivity contribution in [1.29, 1.82) is 0 Å². The minimum Gasteiger partial charge on any atom is -0.378 e. The Labute approximate surface area is 81.2 Å². The van der Waals surface area contributed by atoms with E-state index in [9.17, 15) is 0 Å². The van der Waals surface area contributed by atoms with Gasteiger partial charge in [-0.25, -0.2) is 0 Å². The van der Waals surface area contributed by atoms with Crippen LogP contribution in [0.1, 0.15) is 20.3 Å². The number of rotatable bonds is 6. The number of hydrogen-bond acceptors (Lipinski definition) is 3. The van der Waals surface area contributed by atoms with Gasteiger partial charge in [0.2, 0.25) is 0 Å². The van der Waals surface area contributed by atoms with Gasteiger partial charge >= 0.3 is 0 Å². The molecule has 1 rings (SSSR count). The second-order valence-corrected chi connectivity index (χ2v) is 3.80. The van der Waals surface area contributed by atoms with E-state index in [1.165, 1.54) is 6.42 Å². The van der Waals surface area contributed by atoms with Crippen molar-refractivity contribution >= 4 is 0 Å². The Morgan fingerprint density at radius 2 is 2.08 bits per heavy atom. The molecule has 1 saturated heterocycles. The molecule has 0 aromatic heterocycles. The summed E-state index contributed by atoms with van der Waals surface area (Å²) in [4.78, 5) is 0. The first-order valence-electron chi connectivity index (χ1n) is 5.36. The lowest BCUT2D eigenvalue weighted by Crippen LogP contribution is -2.30. The lowest BCUT2D eigenvalue weighted by atomic mass is 10.1. The highest BCUT2D eigenvalue weighted by atomic mass is 16.5. The van der Waals surface area contributed by atoms with Crippen LogP contribution in [0.15, 0.2) is 0 Å². The van der Waals surface area contributed by atoms with E-state index in [1.54, 1.807) is 0 Å². The first-order chi connectivity index (χ1) is 6.33. The van der Waals surface area contributed by atoms with Crippen molar-refractivity contribution in [2.75, 3.05) is 32.8 Å². The van der Waals surface area contributed by atoms with Crippen LogP contribution in [0.4, 0.5) is 0 Å². The molecule has 3 heteroatoms. The third kappa shape index (κ3) is 4.60. The van der Waals surface area contributed by atoms with Crippen LogP contribution >= 0.6 is 0 Å². The molecular formula is C10H22N2O. The molecule has 1 aliphatic rings. The Hall–Kier alpha value is -0.120. The Bertz CT molecular complexity index is 130. The molecule has 2 atom stereocenters. The largest absolute Gasteiger partial charge is 0.378 e. The van der Waals surface area contributed by atoms with E-state index in [0.29, 0.717) is 6.10 Å². The van der Waals surface area contributed by atoms with E-state index in [-0.39, 0.29) is 0 Å². The topological polar surface area (TPSA) is 33.3 Å². The SMILES string of the molecule is CCNCCNCC1COC(C)C1. The summed E-state index contributed by atoms with van der Waals surface area (Å²) in [6.45, 7) is 9.53. The summed E-state index contributed by atoms with van der Waals surface area (Å²) in [5.74, 6) is 0.733. The quantitative estimate of drug-likeness (QED) is 0.596. The minimum absolute atomic E-state index is 0.473. The summed E-state index contributed by atoms with van der Waals surface area (Å²) >= 11 is 0. The van der Waals surface area contributed by atoms with Gasteiger partial charge in [-0.1, -0.05) is 6.92 Å². The van der Waals surface area contributed by atoms with E-state index in [1.807, 2.05) is 0 Å². The molecule has 3 nitrogen and oxygen atoms in total. The highest BCUT2D eigenvalue weighted by Gasteiger charge is 2.20. The van der Waals surface area contributed by atoms with E-state index >= 15 is 0 Å². The van der Waals surface area contributed by atoms with Gasteiger partial charge in [0.1, 0.15) is 0 Å². The molecule has 2 unspecified atom stereocenters. The molecule has 0 saturated carbocycles. The molecule has 13 heavy (non-hydrogen) atoms. The van der Waals surface area contributed by atoms with Gasteiger partial charge < -0.3 is 15.4 Å². The number of hydrogen-bond donors (Lipinski definition) is 2. The highest BCUT2D eigenvalue weighted by molar-refractivity contribution is 4.72. The van der Waals surface area contributed by atoms with Crippen LogP contribution in [0.25, 0.3) is 0 Å². The summed E-state index contributed by atoms with van der Waals surface area (Å²) in [5, 5.41) is 6.73. The van der Waals surface area contributed by atoms with E-state index in [0.717, 1.165) is 38.7 Å². The first kappa shape index (κ1) is 11.0. The maximum Gasteiger partial charge on any atom is 0.0551 e. The fourth-order valence-electron chi connectivity index (χ4n) is 1.71. The molecular weight excluding hydrogens is 164 g/mol. The predicted octanol–water partition coefficient (Wildman–Crippen LogP) is 0.611. The molecule has 0 bridgehead atoms. The van der Waals surface area contributed by atoms with Crippen LogP contribution in [0, 0.1) is 5.92 Å². The van der Waals surface area contributed by atoms with Gasteiger partial charge in [0.25, 0.3) is 0 Å². The van der Waals surface area contributed by atoms with E-state index in [4.69, 9.17) is 4.74 Å². The molecule has 2 N–H and O–H groups in total. The second kappa shape index (κ2) is 6.35. The van der Waals surface area contributed by atoms with Crippen molar-refractivity contribution < 1.29 is 4.74 Å². The summed E-state index contributed by atoms with van der Waals surface area (Å²) in [7, 11) is 0. The molecule has 0 aromatic carbocycles. The Morgan fingerprint density at radius 3 is 2.69 bits per heavy atom. The van der Waals surface area contributed by atoms with E-state index < -0.39 is 0 Å². The highest BCUT2D eigenvalue weighted by Crippen LogP contribution is 2.17. The maximum absolute atomic E-state index is 5.49. The Morgan fingerprint density at radius 1 is 1.31 bits per heavy atom. The fraction of sp³-hybridized carbons (Fsp3) is 1.00.